The Morgan fingerprint density at radius 3 is 1.59 bits per heavy atom. The van der Waals surface area contributed by atoms with Gasteiger partial charge in [-0.15, -0.1) is 0 Å². The van der Waals surface area contributed by atoms with Gasteiger partial charge in [0.2, 0.25) is 65.0 Å². The minimum absolute atomic E-state index is 0.00402. The van der Waals surface area contributed by atoms with E-state index in [1.807, 2.05) is 0 Å². The Bertz CT molecular complexity index is 3210. The van der Waals surface area contributed by atoms with E-state index in [0.29, 0.717) is 27.6 Å². The number of rotatable bonds is 36. The molecule has 0 aliphatic rings. The number of hydrogen-bond acceptors (Lipinski definition) is 17. The minimum Gasteiger partial charge on any atom is -0.508 e. The summed E-state index contributed by atoms with van der Waals surface area (Å²) in [5.74, 6) is -15.0. The zero-order chi connectivity index (χ0) is 66.9. The zero-order valence-electron chi connectivity index (χ0n) is 50.1. The highest BCUT2D eigenvalue weighted by Crippen LogP contribution is 2.20. The molecule has 1 heterocycles. The molecule has 0 aliphatic carbocycles. The second-order valence-electron chi connectivity index (χ2n) is 22.0. The Morgan fingerprint density at radius 2 is 1.01 bits per heavy atom. The molecule has 29 nitrogen and oxygen atoms in total. The molecule has 3 aromatic carbocycles. The molecular weight excluding hydrogens is 1210 g/mol. The smallest absolute Gasteiger partial charge is 0.327 e. The number of fused-ring (bicyclic) bond motifs is 1. The highest BCUT2D eigenvalue weighted by molar-refractivity contribution is 7.80. The first kappa shape index (κ1) is 73.2. The van der Waals surface area contributed by atoms with E-state index in [9.17, 15) is 77.6 Å². The lowest BCUT2D eigenvalue weighted by Crippen LogP contribution is -2.60. The van der Waals surface area contributed by atoms with Crippen molar-refractivity contribution < 1.29 is 77.6 Å². The molecule has 11 amide bonds. The van der Waals surface area contributed by atoms with Crippen LogP contribution in [0, 0.1) is 11.8 Å². The van der Waals surface area contributed by atoms with Gasteiger partial charge in [-0.3, -0.25) is 57.5 Å². The minimum atomic E-state index is -2.03. The number of phenolic OH excluding ortho intramolecular Hbond substituents is 1. The van der Waals surface area contributed by atoms with Crippen molar-refractivity contribution >= 4 is 113 Å². The highest BCUT2D eigenvalue weighted by atomic mass is 32.1. The quantitative estimate of drug-likeness (QED) is 0.0213. The third-order valence-electron chi connectivity index (χ3n) is 13.8. The second-order valence-corrected chi connectivity index (χ2v) is 22.7. The lowest BCUT2D eigenvalue weighted by molar-refractivity contribution is -0.142. The van der Waals surface area contributed by atoms with E-state index in [1.54, 1.807) is 88.5 Å². The largest absolute Gasteiger partial charge is 0.508 e. The van der Waals surface area contributed by atoms with Crippen LogP contribution in [0.3, 0.4) is 0 Å². The number of nitrogens with two attached hydrogens (primary N) is 2. The number of aromatic amines is 1. The van der Waals surface area contributed by atoms with Crippen molar-refractivity contribution in [2.24, 2.45) is 23.3 Å². The Labute approximate surface area is 529 Å². The Morgan fingerprint density at radius 1 is 0.511 bits per heavy atom. The van der Waals surface area contributed by atoms with E-state index in [1.165, 1.54) is 24.3 Å². The van der Waals surface area contributed by atoms with Crippen LogP contribution < -0.4 is 64.6 Å². The molecule has 488 valence electrons. The summed E-state index contributed by atoms with van der Waals surface area (Å²) in [7, 11) is 0. The monoisotopic (exact) mass is 1290 g/mol. The van der Waals surface area contributed by atoms with Crippen LogP contribution in [-0.4, -0.2) is 176 Å². The first-order valence-corrected chi connectivity index (χ1v) is 29.8. The van der Waals surface area contributed by atoms with Gasteiger partial charge in [0, 0.05) is 47.9 Å². The molecular formula is C59H79N13O16S2. The van der Waals surface area contributed by atoms with Gasteiger partial charge in [0.15, 0.2) is 0 Å². The molecule has 0 unspecified atom stereocenters. The molecule has 0 bridgehead atoms. The van der Waals surface area contributed by atoms with Crippen LogP contribution in [0.1, 0.15) is 70.6 Å². The number of aliphatic carboxylic acids is 2. The number of hydrogen-bond donors (Lipinski definition) is 18. The number of amides is 11. The number of aromatic nitrogens is 1. The number of carboxylic acids is 2. The number of carboxylic acid groups (broad SMARTS) is 2. The van der Waals surface area contributed by atoms with Crippen molar-refractivity contribution in [1.29, 1.82) is 0 Å². The van der Waals surface area contributed by atoms with Gasteiger partial charge in [0.1, 0.15) is 60.1 Å². The van der Waals surface area contributed by atoms with E-state index >= 15 is 0 Å². The number of thiol groups is 2. The number of phenols is 1. The number of carbonyl (C=O) groups excluding carboxylic acids is 11. The van der Waals surface area contributed by atoms with E-state index in [0.717, 1.165) is 6.92 Å². The molecule has 0 fully saturated rings. The van der Waals surface area contributed by atoms with Gasteiger partial charge in [-0.1, -0.05) is 88.4 Å². The van der Waals surface area contributed by atoms with Crippen molar-refractivity contribution in [2.45, 2.75) is 134 Å². The predicted octanol–water partition coefficient (Wildman–Crippen LogP) is -2.28. The third kappa shape index (κ3) is 23.7. The van der Waals surface area contributed by atoms with Gasteiger partial charge in [0.25, 0.3) is 0 Å². The molecule has 0 radical (unpaired) electrons. The first-order valence-electron chi connectivity index (χ1n) is 28.6. The van der Waals surface area contributed by atoms with Crippen LogP contribution in [0.2, 0.25) is 0 Å². The lowest BCUT2D eigenvalue weighted by atomic mass is 10.00. The van der Waals surface area contributed by atoms with Gasteiger partial charge in [-0.2, -0.15) is 25.3 Å². The summed E-state index contributed by atoms with van der Waals surface area (Å²) in [6.45, 7) is 7.20. The summed E-state index contributed by atoms with van der Waals surface area (Å²) >= 11 is 8.03. The average Bonchev–Trinajstić information content (AvgIpc) is 1.96. The van der Waals surface area contributed by atoms with Crippen LogP contribution >= 0.6 is 25.3 Å². The van der Waals surface area contributed by atoms with E-state index in [2.05, 4.69) is 83.4 Å². The topological polar surface area (TPSA) is 471 Å². The number of H-pyrrole nitrogens is 1. The third-order valence-corrected chi connectivity index (χ3v) is 14.6. The van der Waals surface area contributed by atoms with Crippen LogP contribution in [0.5, 0.6) is 5.75 Å². The van der Waals surface area contributed by atoms with Gasteiger partial charge in [0.05, 0.1) is 25.4 Å². The van der Waals surface area contributed by atoms with Crippen LogP contribution in [0.25, 0.3) is 10.9 Å². The SMILES string of the molecule is CC(C)C[C@H](NC(=O)[C@H](Cc1c[nH]c2ccccc12)NC(=O)[C@H](CC(=O)O)NC(=O)[C@H](CC(N)=O)NC(=O)[C@H](C)NC(=O)[C@H](Cc1ccc(O)cc1)NC(=O)CNC(=O)[C@H](Cc1ccccc1)NC(=O)[C@@H](NC(=O)[C@@H](N)CS)C(C)C)C(=O)N[C@@H](CS)C(=O)O. The lowest BCUT2D eigenvalue weighted by Gasteiger charge is -2.27. The van der Waals surface area contributed by atoms with Gasteiger partial charge in [-0.05, 0) is 60.1 Å². The van der Waals surface area contributed by atoms with Crippen LogP contribution in [0.15, 0.2) is 85.1 Å². The highest BCUT2D eigenvalue weighted by Gasteiger charge is 2.36. The van der Waals surface area contributed by atoms with Crippen LogP contribution in [0.4, 0.5) is 0 Å². The molecule has 0 aliphatic heterocycles. The molecule has 10 atom stereocenters. The van der Waals surface area contributed by atoms with E-state index in [-0.39, 0.29) is 48.9 Å². The van der Waals surface area contributed by atoms with E-state index < -0.39 is 163 Å². The fourth-order valence-electron chi connectivity index (χ4n) is 8.99. The summed E-state index contributed by atoms with van der Waals surface area (Å²) in [6.07, 6.45) is -1.14. The average molecular weight is 1290 g/mol. The number of nitrogens with one attached hydrogen (secondary N) is 11. The van der Waals surface area contributed by atoms with Crippen molar-refractivity contribution in [3.63, 3.8) is 0 Å². The maximum absolute atomic E-state index is 14.3. The fraction of sp³-hybridized carbons (Fsp3) is 0.441. The van der Waals surface area contributed by atoms with Crippen LogP contribution in [-0.2, 0) is 81.6 Å². The molecule has 0 saturated heterocycles. The standard InChI is InChI=1S/C59H79N13O16S2/c1-29(2)19-39(54(82)71-45(28-90)59(87)88)67-55(83)42(22-34-25-62-38-14-10-9-13-36(34)38)68-57(85)44(24-48(76)77)69-56(84)43(23-46(61)74)66-50(78)31(5)64-53(81)41(21-33-15-17-35(73)18-16-33)65-47(75)26-63-52(80)40(20-32-11-7-6-8-12-32)70-58(86)49(30(3)4)72-51(79)37(60)27-89/h6-18,25,29-31,37,39-45,49,62,73,89-90H,19-24,26-28,60H2,1-5H3,(H2,61,74)(H,63,80)(H,64,81)(H,65,75)(H,66,78)(H,67,83)(H,68,85)(H,69,84)(H,70,86)(H,71,82)(H,72,79)(H,76,77)(H,87,88)/t31-,37-,39-,40-,41-,42-,43-,44-,45-,49-/m0/s1. The molecule has 4 rings (SSSR count). The summed E-state index contributed by atoms with van der Waals surface area (Å²) < 4.78 is 0. The first-order chi connectivity index (χ1) is 42.5. The molecule has 4 aromatic rings. The maximum atomic E-state index is 14.3. The summed E-state index contributed by atoms with van der Waals surface area (Å²) in [4.78, 5) is 177. The van der Waals surface area contributed by atoms with Gasteiger partial charge < -0.3 is 84.9 Å². The normalized spacial score (nSPS) is 14.5. The molecule has 18 N–H and O–H groups in total. The molecule has 90 heavy (non-hydrogen) atoms. The Kier molecular flexibility index (Phi) is 29.0. The molecule has 31 heteroatoms. The number of benzene rings is 3. The predicted molar refractivity (Wildman–Crippen MR) is 334 cm³/mol. The van der Waals surface area contributed by atoms with E-state index in [4.69, 9.17) is 11.5 Å². The second kappa shape index (κ2) is 35.7. The number of aromatic hydroxyl groups is 1. The van der Waals surface area contributed by atoms with Crippen molar-refractivity contribution in [3.8, 4) is 5.75 Å². The number of para-hydroxylation sites is 1. The van der Waals surface area contributed by atoms with Gasteiger partial charge in [-0.25, -0.2) is 4.79 Å². The summed E-state index contributed by atoms with van der Waals surface area (Å²) in [5, 5.41) is 54.4. The molecule has 0 saturated carbocycles. The number of primary amides is 1. The molecule has 1 aromatic heterocycles. The summed E-state index contributed by atoms with van der Waals surface area (Å²) in [6, 6.07) is 6.03. The van der Waals surface area contributed by atoms with Gasteiger partial charge >= 0.3 is 11.9 Å². The number of carbonyl (C=O) groups is 13. The summed E-state index contributed by atoms with van der Waals surface area (Å²) in [5.41, 5.74) is 13.4. The van der Waals surface area contributed by atoms with Crippen molar-refractivity contribution in [3.05, 3.63) is 102 Å². The zero-order valence-corrected chi connectivity index (χ0v) is 51.9. The Balaban J connectivity index is 1.54. The fourth-order valence-corrected chi connectivity index (χ4v) is 9.40. The Hall–Kier alpha value is -9.23. The molecule has 0 spiro atoms. The van der Waals surface area contributed by atoms with Crippen molar-refractivity contribution in [1.82, 2.24) is 58.2 Å². The maximum Gasteiger partial charge on any atom is 0.327 e. The van der Waals surface area contributed by atoms with Crippen molar-refractivity contribution in [2.75, 3.05) is 18.1 Å².